The fraction of sp³-hybridized carbons (Fsp3) is 0.417. The van der Waals surface area contributed by atoms with Gasteiger partial charge in [0.25, 0.3) is 5.91 Å². The molecule has 5 nitrogen and oxygen atoms in total. The molecule has 1 amide bonds. The maximum absolute atomic E-state index is 13.0. The van der Waals surface area contributed by atoms with Crippen molar-refractivity contribution in [3.05, 3.63) is 29.8 Å². The number of carboxylic acids is 1. The first-order valence-corrected chi connectivity index (χ1v) is 5.74. The van der Waals surface area contributed by atoms with Crippen LogP contribution in [0.2, 0.25) is 0 Å². The second kappa shape index (κ2) is 5.12. The van der Waals surface area contributed by atoms with Gasteiger partial charge in [0, 0.05) is 12.7 Å². The third-order valence-electron chi connectivity index (χ3n) is 3.00. The Balaban J connectivity index is 2.23. The molecule has 96 valence electrons. The minimum absolute atomic E-state index is 0.0863. The fourth-order valence-electron chi connectivity index (χ4n) is 2.13. The van der Waals surface area contributed by atoms with Crippen LogP contribution in [0.1, 0.15) is 29.6 Å². The topological polar surface area (TPSA) is 70.5 Å². The van der Waals surface area contributed by atoms with Gasteiger partial charge < -0.3 is 10.0 Å². The van der Waals surface area contributed by atoms with Crippen molar-refractivity contribution in [2.24, 2.45) is 0 Å². The largest absolute Gasteiger partial charge is 0.480 e. The van der Waals surface area contributed by atoms with Crippen molar-refractivity contribution >= 4 is 11.9 Å². The highest BCUT2D eigenvalue weighted by atomic mass is 19.1. The lowest BCUT2D eigenvalue weighted by molar-refractivity contribution is -0.143. The summed E-state index contributed by atoms with van der Waals surface area (Å²) in [6.07, 6.45) is 4.23. The van der Waals surface area contributed by atoms with Crippen LogP contribution in [0.5, 0.6) is 0 Å². The standard InChI is InChI=1S/C12H13FN2O3/c13-9-5-8(6-14-7-9)11(16)15-4-2-1-3-10(15)12(17)18/h5-7,10H,1-4H2,(H,17,18). The lowest BCUT2D eigenvalue weighted by Crippen LogP contribution is -2.48. The Morgan fingerprint density at radius 3 is 2.83 bits per heavy atom. The summed E-state index contributed by atoms with van der Waals surface area (Å²) in [7, 11) is 0. The number of aromatic nitrogens is 1. The molecule has 1 atom stereocenters. The molecule has 2 heterocycles. The van der Waals surface area contributed by atoms with Crippen LogP contribution in [0.15, 0.2) is 18.5 Å². The zero-order valence-electron chi connectivity index (χ0n) is 9.67. The highest BCUT2D eigenvalue weighted by Crippen LogP contribution is 2.19. The molecule has 1 aromatic rings. The zero-order chi connectivity index (χ0) is 13.1. The molecule has 0 spiro atoms. The Labute approximate surface area is 103 Å². The molecule has 1 aliphatic rings. The summed E-state index contributed by atoms with van der Waals surface area (Å²) in [6.45, 7) is 0.381. The second-order valence-electron chi connectivity index (χ2n) is 4.24. The second-order valence-corrected chi connectivity index (χ2v) is 4.24. The van der Waals surface area contributed by atoms with Gasteiger partial charge in [0.2, 0.25) is 0 Å². The van der Waals surface area contributed by atoms with Crippen LogP contribution in [0.3, 0.4) is 0 Å². The molecule has 6 heteroatoms. The van der Waals surface area contributed by atoms with Gasteiger partial charge in [0.15, 0.2) is 0 Å². The van der Waals surface area contributed by atoms with Gasteiger partial charge in [-0.2, -0.15) is 0 Å². The highest BCUT2D eigenvalue weighted by molar-refractivity contribution is 5.96. The number of piperidine rings is 1. The van der Waals surface area contributed by atoms with Gasteiger partial charge in [-0.1, -0.05) is 0 Å². The Kier molecular flexibility index (Phi) is 3.55. The van der Waals surface area contributed by atoms with Crippen molar-refractivity contribution in [1.29, 1.82) is 0 Å². The van der Waals surface area contributed by atoms with E-state index in [1.165, 1.54) is 11.1 Å². The SMILES string of the molecule is O=C(O)C1CCCCN1C(=O)c1cncc(F)c1. The third-order valence-corrected chi connectivity index (χ3v) is 3.00. The number of carboxylic acid groups (broad SMARTS) is 1. The maximum atomic E-state index is 13.0. The van der Waals surface area contributed by atoms with E-state index in [-0.39, 0.29) is 5.56 Å². The lowest BCUT2D eigenvalue weighted by atomic mass is 10.0. The van der Waals surface area contributed by atoms with E-state index >= 15 is 0 Å². The number of amides is 1. The summed E-state index contributed by atoms with van der Waals surface area (Å²) in [5.41, 5.74) is 0.0863. The smallest absolute Gasteiger partial charge is 0.326 e. The highest BCUT2D eigenvalue weighted by Gasteiger charge is 2.32. The normalized spacial score (nSPS) is 19.6. The van der Waals surface area contributed by atoms with Crippen molar-refractivity contribution in [3.8, 4) is 0 Å². The van der Waals surface area contributed by atoms with Crippen LogP contribution in [-0.4, -0.2) is 39.5 Å². The molecule has 1 aliphatic heterocycles. The Bertz CT molecular complexity index is 478. The molecule has 0 radical (unpaired) electrons. The number of carbonyl (C=O) groups excluding carboxylic acids is 1. The van der Waals surface area contributed by atoms with E-state index in [0.29, 0.717) is 13.0 Å². The molecule has 0 aromatic carbocycles. The monoisotopic (exact) mass is 252 g/mol. The molecule has 0 aliphatic carbocycles. The van der Waals surface area contributed by atoms with Crippen molar-refractivity contribution in [2.75, 3.05) is 6.54 Å². The summed E-state index contributed by atoms with van der Waals surface area (Å²) in [4.78, 5) is 28.1. The molecule has 0 bridgehead atoms. The molecule has 2 rings (SSSR count). The van der Waals surface area contributed by atoms with Gasteiger partial charge in [-0.15, -0.1) is 0 Å². The molecule has 1 fully saturated rings. The number of pyridine rings is 1. The first-order valence-electron chi connectivity index (χ1n) is 5.74. The van der Waals surface area contributed by atoms with Gasteiger partial charge in [-0.3, -0.25) is 9.78 Å². The van der Waals surface area contributed by atoms with Crippen molar-refractivity contribution in [3.63, 3.8) is 0 Å². The van der Waals surface area contributed by atoms with E-state index in [9.17, 15) is 14.0 Å². The predicted octanol–water partition coefficient (Wildman–Crippen LogP) is 1.30. The predicted molar refractivity (Wildman–Crippen MR) is 60.5 cm³/mol. The fourth-order valence-corrected chi connectivity index (χ4v) is 2.13. The van der Waals surface area contributed by atoms with Gasteiger partial charge in [0.1, 0.15) is 11.9 Å². The quantitative estimate of drug-likeness (QED) is 0.861. The number of likely N-dealkylation sites (tertiary alicyclic amines) is 1. The first kappa shape index (κ1) is 12.5. The van der Waals surface area contributed by atoms with Gasteiger partial charge in [0.05, 0.1) is 11.8 Å². The molecule has 1 aromatic heterocycles. The van der Waals surface area contributed by atoms with E-state index < -0.39 is 23.7 Å². The Morgan fingerprint density at radius 1 is 1.39 bits per heavy atom. The number of halogens is 1. The van der Waals surface area contributed by atoms with Crippen molar-refractivity contribution in [1.82, 2.24) is 9.88 Å². The van der Waals surface area contributed by atoms with Crippen LogP contribution in [0.25, 0.3) is 0 Å². The number of nitrogens with zero attached hydrogens (tertiary/aromatic N) is 2. The third kappa shape index (κ3) is 2.47. The van der Waals surface area contributed by atoms with Gasteiger partial charge in [-0.05, 0) is 25.3 Å². The summed E-state index contributed by atoms with van der Waals surface area (Å²) < 4.78 is 13.0. The summed E-state index contributed by atoms with van der Waals surface area (Å²) >= 11 is 0. The van der Waals surface area contributed by atoms with Gasteiger partial charge in [-0.25, -0.2) is 9.18 Å². The summed E-state index contributed by atoms with van der Waals surface area (Å²) in [5, 5.41) is 9.08. The van der Waals surface area contributed by atoms with Crippen LogP contribution in [0, 0.1) is 5.82 Å². The number of hydrogen-bond acceptors (Lipinski definition) is 3. The molecule has 1 saturated heterocycles. The van der Waals surface area contributed by atoms with E-state index in [0.717, 1.165) is 25.1 Å². The minimum Gasteiger partial charge on any atom is -0.480 e. The van der Waals surface area contributed by atoms with Crippen molar-refractivity contribution < 1.29 is 19.1 Å². The number of rotatable bonds is 2. The number of hydrogen-bond donors (Lipinski definition) is 1. The van der Waals surface area contributed by atoms with Crippen LogP contribution < -0.4 is 0 Å². The molecule has 18 heavy (non-hydrogen) atoms. The van der Waals surface area contributed by atoms with Crippen LogP contribution in [-0.2, 0) is 4.79 Å². The first-order chi connectivity index (χ1) is 8.59. The summed E-state index contributed by atoms with van der Waals surface area (Å²) in [5.74, 6) is -2.11. The van der Waals surface area contributed by atoms with Crippen molar-refractivity contribution in [2.45, 2.75) is 25.3 Å². The van der Waals surface area contributed by atoms with E-state index in [2.05, 4.69) is 4.98 Å². The average Bonchev–Trinajstić information content (AvgIpc) is 2.38. The number of aliphatic carboxylic acids is 1. The van der Waals surface area contributed by atoms with Crippen LogP contribution in [0.4, 0.5) is 4.39 Å². The Hall–Kier alpha value is -1.98. The summed E-state index contributed by atoms with van der Waals surface area (Å²) in [6, 6.07) is 0.248. The average molecular weight is 252 g/mol. The van der Waals surface area contributed by atoms with E-state index in [1.807, 2.05) is 0 Å². The Morgan fingerprint density at radius 2 is 2.17 bits per heavy atom. The minimum atomic E-state index is -1.02. The lowest BCUT2D eigenvalue weighted by Gasteiger charge is -2.32. The zero-order valence-corrected chi connectivity index (χ0v) is 9.67. The number of carbonyl (C=O) groups is 2. The molecule has 1 unspecified atom stereocenters. The maximum Gasteiger partial charge on any atom is 0.326 e. The van der Waals surface area contributed by atoms with E-state index in [4.69, 9.17) is 5.11 Å². The van der Waals surface area contributed by atoms with Crippen LogP contribution >= 0.6 is 0 Å². The molecule has 1 N–H and O–H groups in total. The van der Waals surface area contributed by atoms with Gasteiger partial charge >= 0.3 is 5.97 Å². The van der Waals surface area contributed by atoms with E-state index in [1.54, 1.807) is 0 Å². The molecular weight excluding hydrogens is 239 g/mol. The molecular formula is C12H13FN2O3. The molecule has 0 saturated carbocycles.